The summed E-state index contributed by atoms with van der Waals surface area (Å²) in [4.78, 5) is 38.5. The fourth-order valence-corrected chi connectivity index (χ4v) is 3.50. The number of carbonyl (C=O) groups is 3. The van der Waals surface area contributed by atoms with E-state index in [1.165, 1.54) is 0 Å². The van der Waals surface area contributed by atoms with Gasteiger partial charge in [-0.3, -0.25) is 14.4 Å². The zero-order valence-corrected chi connectivity index (χ0v) is 15.1. The molecule has 6 heteroatoms. The average molecular weight is 357 g/mol. The standard InChI is InChI=1S/C20H27N3O3/c24-18(15-7-2-1-3-8-15)21-12-6-13-22-19(25)17-11-5-14-23(17)20(26)16-9-4-10-16/h1-3,7-8,16-17H,4-6,9-14H2,(H,21,24)(H,22,25)/t17-/m1/s1. The molecule has 1 saturated heterocycles. The van der Waals surface area contributed by atoms with E-state index in [9.17, 15) is 14.4 Å². The molecule has 0 spiro atoms. The molecule has 3 rings (SSSR count). The minimum absolute atomic E-state index is 0.0652. The first-order valence-corrected chi connectivity index (χ1v) is 9.58. The van der Waals surface area contributed by atoms with Gasteiger partial charge in [0.2, 0.25) is 11.8 Å². The van der Waals surface area contributed by atoms with Gasteiger partial charge in [0.15, 0.2) is 0 Å². The first-order valence-electron chi connectivity index (χ1n) is 9.58. The summed E-state index contributed by atoms with van der Waals surface area (Å²) >= 11 is 0. The number of hydrogen-bond donors (Lipinski definition) is 2. The molecule has 3 amide bonds. The molecule has 1 atom stereocenters. The minimum Gasteiger partial charge on any atom is -0.354 e. The number of hydrogen-bond acceptors (Lipinski definition) is 3. The van der Waals surface area contributed by atoms with Gasteiger partial charge in [0.25, 0.3) is 5.91 Å². The summed E-state index contributed by atoms with van der Waals surface area (Å²) < 4.78 is 0. The molecule has 0 radical (unpaired) electrons. The van der Waals surface area contributed by atoms with Gasteiger partial charge >= 0.3 is 0 Å². The fraction of sp³-hybridized carbons (Fsp3) is 0.550. The van der Waals surface area contributed by atoms with E-state index in [1.54, 1.807) is 17.0 Å². The van der Waals surface area contributed by atoms with E-state index in [0.717, 1.165) is 32.1 Å². The molecule has 0 unspecified atom stereocenters. The van der Waals surface area contributed by atoms with Crippen molar-refractivity contribution in [1.82, 2.24) is 15.5 Å². The molecule has 2 aliphatic rings. The second kappa shape index (κ2) is 8.83. The molecule has 1 aliphatic carbocycles. The SMILES string of the molecule is O=C(NCCCNC(=O)[C@H]1CCCN1C(=O)C1CCC1)c1ccccc1. The maximum absolute atomic E-state index is 12.4. The lowest BCUT2D eigenvalue weighted by Crippen LogP contribution is -2.49. The van der Waals surface area contributed by atoms with Crippen LogP contribution in [0.25, 0.3) is 0 Å². The number of nitrogens with zero attached hydrogens (tertiary/aromatic N) is 1. The van der Waals surface area contributed by atoms with Gasteiger partial charge in [-0.25, -0.2) is 0 Å². The number of carbonyl (C=O) groups excluding carboxylic acids is 3. The topological polar surface area (TPSA) is 78.5 Å². The maximum Gasteiger partial charge on any atom is 0.251 e. The van der Waals surface area contributed by atoms with Crippen LogP contribution in [0, 0.1) is 5.92 Å². The summed E-state index contributed by atoms with van der Waals surface area (Å²) in [6, 6.07) is 8.74. The van der Waals surface area contributed by atoms with Crippen molar-refractivity contribution in [2.24, 2.45) is 5.92 Å². The highest BCUT2D eigenvalue weighted by Crippen LogP contribution is 2.31. The second-order valence-corrected chi connectivity index (χ2v) is 7.08. The molecule has 1 aliphatic heterocycles. The van der Waals surface area contributed by atoms with Gasteiger partial charge in [-0.05, 0) is 44.2 Å². The predicted octanol–water partition coefficient (Wildman–Crippen LogP) is 1.71. The molecule has 0 aromatic heterocycles. The highest BCUT2D eigenvalue weighted by atomic mass is 16.2. The molecule has 2 fully saturated rings. The van der Waals surface area contributed by atoms with Crippen molar-refractivity contribution in [2.75, 3.05) is 19.6 Å². The first kappa shape index (κ1) is 18.4. The number of rotatable bonds is 7. The Labute approximate surface area is 154 Å². The summed E-state index contributed by atoms with van der Waals surface area (Å²) in [5.74, 6) is 0.121. The van der Waals surface area contributed by atoms with Crippen LogP contribution in [-0.4, -0.2) is 48.3 Å². The summed E-state index contributed by atoms with van der Waals surface area (Å²) in [6.07, 6.45) is 5.34. The molecule has 2 N–H and O–H groups in total. The molecule has 1 heterocycles. The van der Waals surface area contributed by atoms with Gasteiger partial charge in [-0.2, -0.15) is 0 Å². The zero-order valence-electron chi connectivity index (χ0n) is 15.1. The van der Waals surface area contributed by atoms with E-state index in [1.807, 2.05) is 18.2 Å². The van der Waals surface area contributed by atoms with Crippen LogP contribution < -0.4 is 10.6 Å². The van der Waals surface area contributed by atoms with E-state index >= 15 is 0 Å². The first-order chi connectivity index (χ1) is 12.7. The Morgan fingerprint density at radius 3 is 2.38 bits per heavy atom. The molecule has 1 aromatic rings. The van der Waals surface area contributed by atoms with Gasteiger partial charge in [-0.1, -0.05) is 24.6 Å². The van der Waals surface area contributed by atoms with Gasteiger partial charge in [-0.15, -0.1) is 0 Å². The van der Waals surface area contributed by atoms with Crippen molar-refractivity contribution in [3.63, 3.8) is 0 Å². The number of likely N-dealkylation sites (tertiary alicyclic amines) is 1. The lowest BCUT2D eigenvalue weighted by Gasteiger charge is -2.32. The minimum atomic E-state index is -0.318. The third-order valence-corrected chi connectivity index (χ3v) is 5.27. The predicted molar refractivity (Wildman–Crippen MR) is 98.5 cm³/mol. The molecule has 140 valence electrons. The van der Waals surface area contributed by atoms with Crippen LogP contribution in [0.1, 0.15) is 48.9 Å². The Bertz CT molecular complexity index is 643. The zero-order chi connectivity index (χ0) is 18.4. The van der Waals surface area contributed by atoms with Crippen molar-refractivity contribution in [2.45, 2.75) is 44.6 Å². The van der Waals surface area contributed by atoms with Crippen molar-refractivity contribution in [3.8, 4) is 0 Å². The summed E-state index contributed by atoms with van der Waals surface area (Å²) in [5, 5.41) is 5.76. The quantitative estimate of drug-likeness (QED) is 0.729. The molecular weight excluding hydrogens is 330 g/mol. The van der Waals surface area contributed by atoms with Crippen LogP contribution in [-0.2, 0) is 9.59 Å². The number of amides is 3. The maximum atomic E-state index is 12.4. The number of nitrogens with one attached hydrogen (secondary N) is 2. The van der Waals surface area contributed by atoms with Gasteiger partial charge < -0.3 is 15.5 Å². The molecule has 1 saturated carbocycles. The van der Waals surface area contributed by atoms with E-state index in [2.05, 4.69) is 10.6 Å². The molecule has 0 bridgehead atoms. The highest BCUT2D eigenvalue weighted by Gasteiger charge is 2.38. The largest absolute Gasteiger partial charge is 0.354 e. The summed E-state index contributed by atoms with van der Waals surface area (Å²) in [6.45, 7) is 1.69. The van der Waals surface area contributed by atoms with E-state index in [0.29, 0.717) is 31.6 Å². The lowest BCUT2D eigenvalue weighted by atomic mass is 9.84. The third kappa shape index (κ3) is 4.42. The summed E-state index contributed by atoms with van der Waals surface area (Å²) in [7, 11) is 0. The van der Waals surface area contributed by atoms with Crippen molar-refractivity contribution in [3.05, 3.63) is 35.9 Å². The smallest absolute Gasteiger partial charge is 0.251 e. The van der Waals surface area contributed by atoms with Crippen LogP contribution in [0.4, 0.5) is 0 Å². The third-order valence-electron chi connectivity index (χ3n) is 5.27. The molecule has 26 heavy (non-hydrogen) atoms. The van der Waals surface area contributed by atoms with Crippen molar-refractivity contribution in [1.29, 1.82) is 0 Å². The van der Waals surface area contributed by atoms with Crippen LogP contribution >= 0.6 is 0 Å². The molecule has 1 aromatic carbocycles. The van der Waals surface area contributed by atoms with Gasteiger partial charge in [0, 0.05) is 31.1 Å². The normalized spacial score (nSPS) is 19.7. The van der Waals surface area contributed by atoms with E-state index in [-0.39, 0.29) is 29.7 Å². The Hall–Kier alpha value is -2.37. The average Bonchev–Trinajstić information content (AvgIpc) is 3.10. The van der Waals surface area contributed by atoms with Gasteiger partial charge in [0.1, 0.15) is 6.04 Å². The lowest BCUT2D eigenvalue weighted by molar-refractivity contribution is -0.143. The Morgan fingerprint density at radius 2 is 1.69 bits per heavy atom. The Morgan fingerprint density at radius 1 is 0.962 bits per heavy atom. The van der Waals surface area contributed by atoms with Crippen LogP contribution in [0.5, 0.6) is 0 Å². The highest BCUT2D eigenvalue weighted by molar-refractivity contribution is 5.94. The molecule has 6 nitrogen and oxygen atoms in total. The van der Waals surface area contributed by atoms with Crippen molar-refractivity contribution < 1.29 is 14.4 Å². The van der Waals surface area contributed by atoms with E-state index < -0.39 is 0 Å². The monoisotopic (exact) mass is 357 g/mol. The summed E-state index contributed by atoms with van der Waals surface area (Å²) in [5.41, 5.74) is 0.632. The van der Waals surface area contributed by atoms with Crippen LogP contribution in [0.15, 0.2) is 30.3 Å². The number of benzene rings is 1. The Kier molecular flexibility index (Phi) is 6.26. The molecular formula is C20H27N3O3. The van der Waals surface area contributed by atoms with E-state index in [4.69, 9.17) is 0 Å². The van der Waals surface area contributed by atoms with Crippen molar-refractivity contribution >= 4 is 17.7 Å². The Balaban J connectivity index is 1.36. The van der Waals surface area contributed by atoms with Crippen LogP contribution in [0.3, 0.4) is 0 Å². The van der Waals surface area contributed by atoms with Gasteiger partial charge in [0.05, 0.1) is 0 Å². The van der Waals surface area contributed by atoms with Crippen LogP contribution in [0.2, 0.25) is 0 Å². The fourth-order valence-electron chi connectivity index (χ4n) is 3.50. The second-order valence-electron chi connectivity index (χ2n) is 7.08.